The summed E-state index contributed by atoms with van der Waals surface area (Å²) >= 11 is 0. The number of carbonyl (C=O) groups is 3. The van der Waals surface area contributed by atoms with Crippen LogP contribution in [0.2, 0.25) is 0 Å². The number of hydrogen-bond acceptors (Lipinski definition) is 7. The van der Waals surface area contributed by atoms with Gasteiger partial charge in [0.2, 0.25) is 0 Å². The predicted octanol–water partition coefficient (Wildman–Crippen LogP) is 5.28. The summed E-state index contributed by atoms with van der Waals surface area (Å²) in [5.74, 6) is -5.41. The van der Waals surface area contributed by atoms with E-state index in [1.165, 1.54) is 30.3 Å². The van der Waals surface area contributed by atoms with E-state index in [9.17, 15) is 28.3 Å². The lowest BCUT2D eigenvalue weighted by Gasteiger charge is -2.14. The largest absolute Gasteiger partial charge is 0.478 e. The van der Waals surface area contributed by atoms with E-state index >= 15 is 0 Å². The van der Waals surface area contributed by atoms with Gasteiger partial charge < -0.3 is 31.4 Å². The van der Waals surface area contributed by atoms with Crippen molar-refractivity contribution in [1.29, 1.82) is 0 Å². The van der Waals surface area contributed by atoms with Gasteiger partial charge in [-0.15, -0.1) is 0 Å². The number of carboxylic acids is 1. The van der Waals surface area contributed by atoms with Crippen LogP contribution in [0.5, 0.6) is 23.3 Å². The van der Waals surface area contributed by atoms with Gasteiger partial charge in [-0.3, -0.25) is 5.32 Å². The number of imide groups is 1. The Morgan fingerprint density at radius 3 is 2.34 bits per heavy atom. The molecule has 4 rings (SSSR count). The van der Waals surface area contributed by atoms with Gasteiger partial charge in [0, 0.05) is 24.4 Å². The number of nitrogens with one attached hydrogen (secondary N) is 2. The molecule has 0 radical (unpaired) electrons. The number of hydrogen-bond donors (Lipinski definition) is 5. The molecular weight excluding hydrogens is 540 g/mol. The molecule has 0 aliphatic carbocycles. The van der Waals surface area contributed by atoms with Crippen LogP contribution in [-0.2, 0) is 6.54 Å². The molecular formula is C28H23F2N5O6. The standard InChI is InChI=1S/C28H23F2N5O6/c1-14-5-6-20(26(36)37)23(7-14)41-25-22(30)12-21(29)24(34-25)40-19-10-17(16-4-2-3-15(8-16)13-31)9-18(11-19)33-28(39)35-27(32)38/h2-12H,13,31H2,1H3,(H,36,37)(H4,32,33,35,38,39). The van der Waals surface area contributed by atoms with E-state index < -0.39 is 41.4 Å². The molecule has 0 bridgehead atoms. The van der Waals surface area contributed by atoms with Crippen molar-refractivity contribution in [2.75, 3.05) is 5.32 Å². The van der Waals surface area contributed by atoms with Crippen LogP contribution in [0.4, 0.5) is 24.1 Å². The van der Waals surface area contributed by atoms with E-state index in [-0.39, 0.29) is 29.3 Å². The maximum absolute atomic E-state index is 14.8. The number of amides is 4. The molecule has 0 fully saturated rings. The second-order valence-electron chi connectivity index (χ2n) is 8.67. The summed E-state index contributed by atoms with van der Waals surface area (Å²) in [6.45, 7) is 1.93. The zero-order valence-electron chi connectivity index (χ0n) is 21.4. The molecule has 7 N–H and O–H groups in total. The van der Waals surface area contributed by atoms with Gasteiger partial charge in [-0.05, 0) is 59.5 Å². The summed E-state index contributed by atoms with van der Waals surface area (Å²) in [5, 5.41) is 13.7. The third kappa shape index (κ3) is 7.10. The summed E-state index contributed by atoms with van der Waals surface area (Å²) in [5.41, 5.74) is 13.2. The average molecular weight is 564 g/mol. The van der Waals surface area contributed by atoms with Crippen LogP contribution in [0.1, 0.15) is 21.5 Å². The smallest absolute Gasteiger partial charge is 0.339 e. The van der Waals surface area contributed by atoms with E-state index in [4.69, 9.17) is 20.9 Å². The van der Waals surface area contributed by atoms with Gasteiger partial charge in [-0.2, -0.15) is 4.98 Å². The number of aromatic nitrogens is 1. The summed E-state index contributed by atoms with van der Waals surface area (Å²) in [7, 11) is 0. The van der Waals surface area contributed by atoms with Gasteiger partial charge in [-0.1, -0.05) is 24.3 Å². The number of aromatic carboxylic acids is 1. The highest BCUT2D eigenvalue weighted by molar-refractivity contribution is 6.00. The highest BCUT2D eigenvalue weighted by atomic mass is 19.1. The first-order valence-corrected chi connectivity index (χ1v) is 11.9. The van der Waals surface area contributed by atoms with Gasteiger partial charge in [0.25, 0.3) is 11.8 Å². The number of carbonyl (C=O) groups excluding carboxylic acids is 2. The highest BCUT2D eigenvalue weighted by Gasteiger charge is 2.20. The van der Waals surface area contributed by atoms with E-state index in [0.29, 0.717) is 22.8 Å². The molecule has 0 saturated carbocycles. The average Bonchev–Trinajstić information content (AvgIpc) is 2.90. The Bertz CT molecular complexity index is 1660. The molecule has 4 aromatic rings. The SMILES string of the molecule is Cc1ccc(C(=O)O)c(Oc2nc(Oc3cc(NC(=O)NC(N)=O)cc(-c4cccc(CN)c4)c3)c(F)cc2F)c1. The number of rotatable bonds is 8. The first kappa shape index (κ1) is 28.4. The van der Waals surface area contributed by atoms with Crippen molar-refractivity contribution in [2.45, 2.75) is 13.5 Å². The number of pyridine rings is 1. The molecule has 4 amide bonds. The lowest BCUT2D eigenvalue weighted by atomic mass is 10.0. The summed E-state index contributed by atoms with van der Waals surface area (Å²) < 4.78 is 40.4. The van der Waals surface area contributed by atoms with Crippen molar-refractivity contribution in [3.8, 4) is 34.4 Å². The van der Waals surface area contributed by atoms with E-state index in [1.54, 1.807) is 31.2 Å². The minimum atomic E-state index is -1.32. The lowest BCUT2D eigenvalue weighted by Crippen LogP contribution is -2.38. The maximum atomic E-state index is 14.8. The first-order chi connectivity index (χ1) is 19.5. The minimum Gasteiger partial charge on any atom is -0.478 e. The van der Waals surface area contributed by atoms with Crippen LogP contribution in [0.3, 0.4) is 0 Å². The van der Waals surface area contributed by atoms with Crippen LogP contribution in [0, 0.1) is 18.6 Å². The number of halogens is 2. The lowest BCUT2D eigenvalue weighted by molar-refractivity contribution is 0.0693. The topological polar surface area (TPSA) is 179 Å². The van der Waals surface area contributed by atoms with Crippen LogP contribution >= 0.6 is 0 Å². The highest BCUT2D eigenvalue weighted by Crippen LogP contribution is 2.35. The summed E-state index contributed by atoms with van der Waals surface area (Å²) in [4.78, 5) is 38.5. The molecule has 0 aliphatic heterocycles. The number of anilines is 1. The number of ether oxygens (including phenoxy) is 2. The van der Waals surface area contributed by atoms with E-state index in [2.05, 4.69) is 10.3 Å². The van der Waals surface area contributed by atoms with E-state index in [1.807, 2.05) is 11.4 Å². The van der Waals surface area contributed by atoms with E-state index in [0.717, 1.165) is 5.56 Å². The normalized spacial score (nSPS) is 10.5. The number of primary amides is 1. The molecule has 3 aromatic carbocycles. The number of carboxylic acid groups (broad SMARTS) is 1. The van der Waals surface area contributed by atoms with Crippen molar-refractivity contribution < 1.29 is 37.7 Å². The number of aryl methyl sites for hydroxylation is 1. The van der Waals surface area contributed by atoms with Crippen LogP contribution in [0.25, 0.3) is 11.1 Å². The van der Waals surface area contributed by atoms with Crippen molar-refractivity contribution in [3.05, 3.63) is 95.1 Å². The zero-order valence-corrected chi connectivity index (χ0v) is 21.4. The Kier molecular flexibility index (Phi) is 8.39. The molecule has 0 unspecified atom stereocenters. The number of urea groups is 2. The Balaban J connectivity index is 1.73. The third-order valence-electron chi connectivity index (χ3n) is 5.55. The first-order valence-electron chi connectivity index (χ1n) is 11.9. The van der Waals surface area contributed by atoms with Gasteiger partial charge >= 0.3 is 18.0 Å². The van der Waals surface area contributed by atoms with Crippen LogP contribution < -0.4 is 31.6 Å². The molecule has 0 saturated heterocycles. The van der Waals surface area contributed by atoms with Crippen molar-refractivity contribution in [1.82, 2.24) is 10.3 Å². The summed E-state index contributed by atoms with van der Waals surface area (Å²) in [6.07, 6.45) is 0. The molecule has 1 aromatic heterocycles. The van der Waals surface area contributed by atoms with Crippen LogP contribution in [-0.4, -0.2) is 28.1 Å². The molecule has 210 valence electrons. The van der Waals surface area contributed by atoms with Crippen molar-refractivity contribution in [2.24, 2.45) is 11.5 Å². The monoisotopic (exact) mass is 563 g/mol. The van der Waals surface area contributed by atoms with Gasteiger partial charge in [0.1, 0.15) is 17.1 Å². The van der Waals surface area contributed by atoms with Crippen molar-refractivity contribution >= 4 is 23.7 Å². The second kappa shape index (κ2) is 12.1. The Hall–Kier alpha value is -5.56. The number of nitrogens with two attached hydrogens (primary N) is 2. The molecule has 11 nitrogen and oxygen atoms in total. The Labute approximate surface area is 231 Å². The maximum Gasteiger partial charge on any atom is 0.339 e. The van der Waals surface area contributed by atoms with Gasteiger partial charge in [0.15, 0.2) is 11.6 Å². The molecule has 1 heterocycles. The van der Waals surface area contributed by atoms with Gasteiger partial charge in [-0.25, -0.2) is 23.2 Å². The molecule has 13 heteroatoms. The predicted molar refractivity (Wildman–Crippen MR) is 144 cm³/mol. The van der Waals surface area contributed by atoms with Gasteiger partial charge in [0.05, 0.1) is 0 Å². The summed E-state index contributed by atoms with van der Waals surface area (Å²) in [6, 6.07) is 14.1. The quantitative estimate of drug-likeness (QED) is 0.192. The Morgan fingerprint density at radius 1 is 0.927 bits per heavy atom. The number of benzene rings is 3. The fourth-order valence-electron chi connectivity index (χ4n) is 3.73. The molecule has 0 aliphatic rings. The zero-order chi connectivity index (χ0) is 29.7. The molecule has 0 atom stereocenters. The number of nitrogens with zero attached hydrogens (tertiary/aromatic N) is 1. The van der Waals surface area contributed by atoms with Crippen molar-refractivity contribution in [3.63, 3.8) is 0 Å². The second-order valence-corrected chi connectivity index (χ2v) is 8.67. The van der Waals surface area contributed by atoms with Crippen LogP contribution in [0.15, 0.2) is 66.7 Å². The molecule has 41 heavy (non-hydrogen) atoms. The minimum absolute atomic E-state index is 0.0410. The third-order valence-corrected chi connectivity index (χ3v) is 5.55. The Morgan fingerprint density at radius 2 is 1.66 bits per heavy atom. The molecule has 0 spiro atoms. The fourth-order valence-corrected chi connectivity index (χ4v) is 3.73. The fraction of sp³-hybridized carbons (Fsp3) is 0.0714.